The third-order valence-electron chi connectivity index (χ3n) is 4.78. The standard InChI is InChI=1S/C22H25ClN2O3/c1-22(2,28-17-12-10-16(23)11-13-17)21(27)24-19-9-5-4-8-18(19)20(26)25-14-6-3-7-15-25/h4-5,8-13H,3,6-7,14-15H2,1-2H3,(H,24,27). The second-order valence-electron chi connectivity index (χ2n) is 7.42. The molecular formula is C22H25ClN2O3. The Bertz CT molecular complexity index is 843. The highest BCUT2D eigenvalue weighted by Gasteiger charge is 2.31. The minimum absolute atomic E-state index is 0.0491. The van der Waals surface area contributed by atoms with Crippen molar-refractivity contribution in [2.24, 2.45) is 0 Å². The van der Waals surface area contributed by atoms with E-state index in [0.29, 0.717) is 22.0 Å². The Hall–Kier alpha value is -2.53. The monoisotopic (exact) mass is 400 g/mol. The molecule has 28 heavy (non-hydrogen) atoms. The zero-order valence-corrected chi connectivity index (χ0v) is 17.0. The van der Waals surface area contributed by atoms with E-state index in [9.17, 15) is 9.59 Å². The van der Waals surface area contributed by atoms with E-state index in [1.807, 2.05) is 11.0 Å². The van der Waals surface area contributed by atoms with Crippen molar-refractivity contribution in [3.8, 4) is 5.75 Å². The number of rotatable bonds is 5. The van der Waals surface area contributed by atoms with Crippen LogP contribution in [0, 0.1) is 0 Å². The number of carbonyl (C=O) groups excluding carboxylic acids is 2. The van der Waals surface area contributed by atoms with Crippen molar-refractivity contribution in [1.29, 1.82) is 0 Å². The molecule has 0 radical (unpaired) electrons. The molecule has 0 atom stereocenters. The van der Waals surface area contributed by atoms with Gasteiger partial charge in [-0.15, -0.1) is 0 Å². The molecule has 1 saturated heterocycles. The van der Waals surface area contributed by atoms with Crippen LogP contribution in [0.15, 0.2) is 48.5 Å². The number of likely N-dealkylation sites (tertiary alicyclic amines) is 1. The Balaban J connectivity index is 1.74. The molecule has 0 spiro atoms. The van der Waals surface area contributed by atoms with Gasteiger partial charge in [0.2, 0.25) is 0 Å². The number of nitrogens with one attached hydrogen (secondary N) is 1. The number of hydrogen-bond donors (Lipinski definition) is 1. The molecule has 1 aliphatic heterocycles. The van der Waals surface area contributed by atoms with Gasteiger partial charge in [-0.05, 0) is 69.5 Å². The summed E-state index contributed by atoms with van der Waals surface area (Å²) in [6, 6.07) is 13.9. The third kappa shape index (κ3) is 4.84. The Labute approximate surface area is 170 Å². The molecule has 0 saturated carbocycles. The Morgan fingerprint density at radius 1 is 1.00 bits per heavy atom. The van der Waals surface area contributed by atoms with Crippen LogP contribution >= 0.6 is 11.6 Å². The second kappa shape index (κ2) is 8.65. The summed E-state index contributed by atoms with van der Waals surface area (Å²) in [6.07, 6.45) is 3.18. The smallest absolute Gasteiger partial charge is 0.267 e. The number of nitrogens with zero attached hydrogens (tertiary/aromatic N) is 1. The fraction of sp³-hybridized carbons (Fsp3) is 0.364. The average molecular weight is 401 g/mol. The summed E-state index contributed by atoms with van der Waals surface area (Å²) >= 11 is 5.89. The van der Waals surface area contributed by atoms with Gasteiger partial charge in [0.25, 0.3) is 11.8 Å². The van der Waals surface area contributed by atoms with Crippen LogP contribution in [-0.4, -0.2) is 35.4 Å². The van der Waals surface area contributed by atoms with Gasteiger partial charge in [0.15, 0.2) is 5.60 Å². The molecule has 2 aromatic rings. The highest BCUT2D eigenvalue weighted by atomic mass is 35.5. The number of halogens is 1. The minimum Gasteiger partial charge on any atom is -0.478 e. The first-order valence-electron chi connectivity index (χ1n) is 9.51. The minimum atomic E-state index is -1.13. The topological polar surface area (TPSA) is 58.6 Å². The number of anilines is 1. The zero-order chi connectivity index (χ0) is 20.1. The molecule has 0 bridgehead atoms. The van der Waals surface area contributed by atoms with Crippen molar-refractivity contribution in [3.63, 3.8) is 0 Å². The molecule has 0 unspecified atom stereocenters. The molecule has 1 heterocycles. The largest absolute Gasteiger partial charge is 0.478 e. The molecule has 5 nitrogen and oxygen atoms in total. The molecule has 2 aromatic carbocycles. The van der Waals surface area contributed by atoms with Gasteiger partial charge < -0.3 is 15.0 Å². The van der Waals surface area contributed by atoms with Gasteiger partial charge in [-0.2, -0.15) is 0 Å². The van der Waals surface area contributed by atoms with Crippen molar-refractivity contribution in [2.45, 2.75) is 38.7 Å². The Morgan fingerprint density at radius 3 is 2.32 bits per heavy atom. The molecule has 1 aliphatic rings. The van der Waals surface area contributed by atoms with Crippen LogP contribution in [0.5, 0.6) is 5.75 Å². The zero-order valence-electron chi connectivity index (χ0n) is 16.2. The van der Waals surface area contributed by atoms with Gasteiger partial charge >= 0.3 is 0 Å². The number of carbonyl (C=O) groups is 2. The normalized spacial score (nSPS) is 14.5. The maximum atomic E-state index is 12.9. The SMILES string of the molecule is CC(C)(Oc1ccc(Cl)cc1)C(=O)Nc1ccccc1C(=O)N1CCCCC1. The van der Waals surface area contributed by atoms with Crippen LogP contribution in [0.3, 0.4) is 0 Å². The summed E-state index contributed by atoms with van der Waals surface area (Å²) in [5, 5.41) is 3.46. The van der Waals surface area contributed by atoms with Crippen LogP contribution < -0.4 is 10.1 Å². The van der Waals surface area contributed by atoms with E-state index in [0.717, 1.165) is 32.4 Å². The lowest BCUT2D eigenvalue weighted by Gasteiger charge is -2.28. The summed E-state index contributed by atoms with van der Waals surface area (Å²) in [4.78, 5) is 27.6. The lowest BCUT2D eigenvalue weighted by molar-refractivity contribution is -0.128. The number of amides is 2. The first-order chi connectivity index (χ1) is 13.4. The number of para-hydroxylation sites is 1. The maximum absolute atomic E-state index is 12.9. The van der Waals surface area contributed by atoms with Crippen molar-refractivity contribution in [3.05, 3.63) is 59.1 Å². The fourth-order valence-electron chi connectivity index (χ4n) is 3.16. The van der Waals surface area contributed by atoms with Gasteiger partial charge in [-0.25, -0.2) is 0 Å². The van der Waals surface area contributed by atoms with E-state index in [1.54, 1.807) is 56.3 Å². The van der Waals surface area contributed by atoms with Crippen LogP contribution in [-0.2, 0) is 4.79 Å². The predicted octanol–water partition coefficient (Wildman–Crippen LogP) is 4.76. The molecular weight excluding hydrogens is 376 g/mol. The third-order valence-corrected chi connectivity index (χ3v) is 5.03. The lowest BCUT2D eigenvalue weighted by Crippen LogP contribution is -2.43. The van der Waals surface area contributed by atoms with Crippen LogP contribution in [0.4, 0.5) is 5.69 Å². The van der Waals surface area contributed by atoms with E-state index in [1.165, 1.54) is 0 Å². The average Bonchev–Trinajstić information content (AvgIpc) is 2.70. The Morgan fingerprint density at radius 2 is 1.64 bits per heavy atom. The van der Waals surface area contributed by atoms with Gasteiger partial charge in [0, 0.05) is 18.1 Å². The first kappa shape index (κ1) is 20.2. The summed E-state index contributed by atoms with van der Waals surface area (Å²) < 4.78 is 5.84. The van der Waals surface area contributed by atoms with E-state index >= 15 is 0 Å². The van der Waals surface area contributed by atoms with Gasteiger partial charge in [-0.1, -0.05) is 23.7 Å². The van der Waals surface area contributed by atoms with Crippen molar-refractivity contribution >= 4 is 29.1 Å². The van der Waals surface area contributed by atoms with Crippen LogP contribution in [0.1, 0.15) is 43.5 Å². The van der Waals surface area contributed by atoms with Crippen molar-refractivity contribution in [2.75, 3.05) is 18.4 Å². The van der Waals surface area contributed by atoms with E-state index in [2.05, 4.69) is 5.32 Å². The number of hydrogen-bond acceptors (Lipinski definition) is 3. The quantitative estimate of drug-likeness (QED) is 0.786. The lowest BCUT2D eigenvalue weighted by atomic mass is 10.1. The summed E-state index contributed by atoms with van der Waals surface area (Å²) in [5.74, 6) is 0.163. The molecule has 1 N–H and O–H groups in total. The molecule has 0 aromatic heterocycles. The molecule has 2 amide bonds. The highest BCUT2D eigenvalue weighted by molar-refractivity contribution is 6.30. The molecule has 148 valence electrons. The first-order valence-corrected chi connectivity index (χ1v) is 9.89. The van der Waals surface area contributed by atoms with E-state index in [-0.39, 0.29) is 11.8 Å². The summed E-state index contributed by atoms with van der Waals surface area (Å²) in [5.41, 5.74) is -0.134. The van der Waals surface area contributed by atoms with Gasteiger partial charge in [-0.3, -0.25) is 9.59 Å². The van der Waals surface area contributed by atoms with E-state index < -0.39 is 5.60 Å². The summed E-state index contributed by atoms with van der Waals surface area (Å²) in [6.45, 7) is 4.89. The van der Waals surface area contributed by atoms with Crippen LogP contribution in [0.25, 0.3) is 0 Å². The van der Waals surface area contributed by atoms with Gasteiger partial charge in [0.1, 0.15) is 5.75 Å². The fourth-order valence-corrected chi connectivity index (χ4v) is 3.29. The second-order valence-corrected chi connectivity index (χ2v) is 7.86. The van der Waals surface area contributed by atoms with E-state index in [4.69, 9.17) is 16.3 Å². The molecule has 3 rings (SSSR count). The van der Waals surface area contributed by atoms with Gasteiger partial charge in [0.05, 0.1) is 11.3 Å². The van der Waals surface area contributed by atoms with Crippen molar-refractivity contribution in [1.82, 2.24) is 4.90 Å². The Kier molecular flexibility index (Phi) is 6.25. The number of piperidine rings is 1. The highest BCUT2D eigenvalue weighted by Crippen LogP contribution is 2.24. The molecule has 6 heteroatoms. The molecule has 0 aliphatic carbocycles. The maximum Gasteiger partial charge on any atom is 0.267 e. The predicted molar refractivity (Wildman–Crippen MR) is 111 cm³/mol. The van der Waals surface area contributed by atoms with Crippen LogP contribution in [0.2, 0.25) is 5.02 Å². The molecule has 1 fully saturated rings. The number of ether oxygens (including phenoxy) is 1. The number of benzene rings is 2. The van der Waals surface area contributed by atoms with Crippen molar-refractivity contribution < 1.29 is 14.3 Å². The summed E-state index contributed by atoms with van der Waals surface area (Å²) in [7, 11) is 0.